The van der Waals surface area contributed by atoms with Crippen LogP contribution in [0.25, 0.3) is 0 Å². The first-order chi connectivity index (χ1) is 13.3. The minimum absolute atomic E-state index is 0.0490. The van der Waals surface area contributed by atoms with E-state index in [1.165, 1.54) is 19.6 Å². The van der Waals surface area contributed by atoms with E-state index in [1.807, 2.05) is 0 Å². The number of nitrogens with one attached hydrogen (secondary N) is 2. The number of quaternary nitrogens is 2. The van der Waals surface area contributed by atoms with Gasteiger partial charge in [-0.3, -0.25) is 29.4 Å². The van der Waals surface area contributed by atoms with Crippen LogP contribution in [-0.2, 0) is 9.59 Å². The number of nitrogens with zero attached hydrogens (tertiary/aromatic N) is 4. The second-order valence-corrected chi connectivity index (χ2v) is 7.33. The van der Waals surface area contributed by atoms with Gasteiger partial charge in [0, 0.05) is 0 Å². The molecule has 4 fully saturated rings. The molecule has 0 aromatic carbocycles. The predicted molar refractivity (Wildman–Crippen MR) is 78.9 cm³/mol. The second-order valence-electron chi connectivity index (χ2n) is 7.33. The normalized spacial score (nSPS) is 33.2. The summed E-state index contributed by atoms with van der Waals surface area (Å²) in [6, 6.07) is -3.55. The molecule has 0 unspecified atom stereocenters. The first kappa shape index (κ1) is 18.7. The SMILES string of the molecule is O=C([O-])[C@H](CO)[NH+]1CN2C(=O)N3C[NH+]([C@@H](CO)C(=O)[O-])CN4C(=O)N(C1)C2C34. The van der Waals surface area contributed by atoms with Crippen LogP contribution in [0.15, 0.2) is 0 Å². The van der Waals surface area contributed by atoms with Crippen molar-refractivity contribution in [1.82, 2.24) is 19.6 Å². The molecule has 4 N–H and O–H groups in total. The maximum atomic E-state index is 12.9. The average molecular weight is 400 g/mol. The molecule has 4 heterocycles. The zero-order chi connectivity index (χ0) is 20.3. The van der Waals surface area contributed by atoms with Gasteiger partial charge in [-0.15, -0.1) is 0 Å². The Balaban J connectivity index is 1.64. The second kappa shape index (κ2) is 6.44. The van der Waals surface area contributed by atoms with Crippen LogP contribution in [0.3, 0.4) is 0 Å². The van der Waals surface area contributed by atoms with Crippen LogP contribution < -0.4 is 20.0 Å². The Bertz CT molecular complexity index is 643. The number of aliphatic hydroxyl groups is 2. The van der Waals surface area contributed by atoms with Gasteiger partial charge in [0.1, 0.15) is 25.2 Å². The smallest absolute Gasteiger partial charge is 0.332 e. The van der Waals surface area contributed by atoms with Crippen LogP contribution in [0.4, 0.5) is 9.59 Å². The molecule has 14 heteroatoms. The van der Waals surface area contributed by atoms with Crippen molar-refractivity contribution in [3.63, 3.8) is 0 Å². The van der Waals surface area contributed by atoms with E-state index in [2.05, 4.69) is 0 Å². The molecule has 154 valence electrons. The zero-order valence-electron chi connectivity index (χ0n) is 14.7. The van der Waals surface area contributed by atoms with Gasteiger partial charge < -0.3 is 30.0 Å². The summed E-state index contributed by atoms with van der Waals surface area (Å²) in [5.74, 6) is -2.97. The van der Waals surface area contributed by atoms with Crippen LogP contribution >= 0.6 is 0 Å². The minimum atomic E-state index is -1.48. The van der Waals surface area contributed by atoms with Gasteiger partial charge in [0.2, 0.25) is 0 Å². The highest BCUT2D eigenvalue weighted by Gasteiger charge is 2.66. The number of carboxylic acid groups (broad SMARTS) is 2. The van der Waals surface area contributed by atoms with E-state index in [0.717, 1.165) is 0 Å². The lowest BCUT2D eigenvalue weighted by atomic mass is 10.2. The van der Waals surface area contributed by atoms with Crippen molar-refractivity contribution in [2.45, 2.75) is 24.4 Å². The molecular formula is C14H20N6O8. The van der Waals surface area contributed by atoms with Gasteiger partial charge in [0.15, 0.2) is 51.1 Å². The summed E-state index contributed by atoms with van der Waals surface area (Å²) in [4.78, 5) is 54.4. The Morgan fingerprint density at radius 3 is 1.32 bits per heavy atom. The fraction of sp³-hybridized carbons (Fsp3) is 0.714. The molecule has 4 rings (SSSR count). The first-order valence-electron chi connectivity index (χ1n) is 8.77. The third-order valence-corrected chi connectivity index (χ3v) is 5.94. The number of urea groups is 2. The molecule has 28 heavy (non-hydrogen) atoms. The number of aliphatic hydroxyl groups excluding tert-OH is 2. The molecule has 0 aliphatic carbocycles. The fourth-order valence-corrected chi connectivity index (χ4v) is 4.56. The third-order valence-electron chi connectivity index (χ3n) is 5.94. The van der Waals surface area contributed by atoms with Gasteiger partial charge in [-0.2, -0.15) is 0 Å². The number of hydrogen-bond acceptors (Lipinski definition) is 8. The van der Waals surface area contributed by atoms with Gasteiger partial charge in [-0.05, 0) is 0 Å². The lowest BCUT2D eigenvalue weighted by Gasteiger charge is -2.42. The molecule has 2 atom stereocenters. The average Bonchev–Trinajstić information content (AvgIpc) is 3.09. The summed E-state index contributed by atoms with van der Waals surface area (Å²) in [6.45, 7) is -1.60. The molecular weight excluding hydrogens is 380 g/mol. The summed E-state index contributed by atoms with van der Waals surface area (Å²) in [5, 5.41) is 41.3. The van der Waals surface area contributed by atoms with E-state index in [9.17, 15) is 39.6 Å². The van der Waals surface area contributed by atoms with Crippen LogP contribution in [0.2, 0.25) is 0 Å². The number of carboxylic acids is 2. The summed E-state index contributed by atoms with van der Waals surface area (Å²) in [5.41, 5.74) is 0. The van der Waals surface area contributed by atoms with E-state index < -0.39 is 61.6 Å². The molecule has 0 aromatic heterocycles. The predicted octanol–water partition coefficient (Wildman–Crippen LogP) is -9.04. The minimum Gasteiger partial charge on any atom is -0.544 e. The molecule has 0 aromatic rings. The van der Waals surface area contributed by atoms with Gasteiger partial charge >= 0.3 is 12.1 Å². The van der Waals surface area contributed by atoms with Crippen LogP contribution in [0.5, 0.6) is 0 Å². The molecule has 0 radical (unpaired) electrons. The molecule has 4 saturated heterocycles. The summed E-state index contributed by atoms with van der Waals surface area (Å²) in [7, 11) is 0. The van der Waals surface area contributed by atoms with E-state index in [0.29, 0.717) is 0 Å². The first-order valence-corrected chi connectivity index (χ1v) is 8.77. The Kier molecular flexibility index (Phi) is 4.29. The monoisotopic (exact) mass is 400 g/mol. The van der Waals surface area contributed by atoms with Crippen molar-refractivity contribution in [2.24, 2.45) is 0 Å². The lowest BCUT2D eigenvalue weighted by molar-refractivity contribution is -0.944. The molecule has 4 aliphatic rings. The molecule has 0 spiro atoms. The van der Waals surface area contributed by atoms with Crippen LogP contribution in [-0.4, -0.2) is 118 Å². The Morgan fingerprint density at radius 1 is 0.821 bits per heavy atom. The number of carbonyl (C=O) groups excluding carboxylic acids is 4. The molecule has 0 bridgehead atoms. The van der Waals surface area contributed by atoms with Crippen molar-refractivity contribution in [1.29, 1.82) is 0 Å². The summed E-state index contributed by atoms with van der Waals surface area (Å²) >= 11 is 0. The summed E-state index contributed by atoms with van der Waals surface area (Å²) in [6.07, 6.45) is -1.25. The Labute approximate surface area is 158 Å². The van der Waals surface area contributed by atoms with Crippen molar-refractivity contribution in [2.75, 3.05) is 39.9 Å². The number of aliphatic carboxylic acids is 2. The van der Waals surface area contributed by atoms with Gasteiger partial charge in [0.05, 0.1) is 0 Å². The van der Waals surface area contributed by atoms with Crippen molar-refractivity contribution in [3.05, 3.63) is 0 Å². The van der Waals surface area contributed by atoms with Crippen molar-refractivity contribution in [3.8, 4) is 0 Å². The maximum absolute atomic E-state index is 12.9. The number of carbonyl (C=O) groups is 4. The van der Waals surface area contributed by atoms with E-state index in [1.54, 1.807) is 0 Å². The molecule has 0 saturated carbocycles. The van der Waals surface area contributed by atoms with Gasteiger partial charge in [0.25, 0.3) is 0 Å². The highest BCUT2D eigenvalue weighted by molar-refractivity contribution is 5.85. The maximum Gasteiger partial charge on any atom is 0.332 e. The fourth-order valence-electron chi connectivity index (χ4n) is 4.56. The van der Waals surface area contributed by atoms with Gasteiger partial charge in [-0.1, -0.05) is 0 Å². The quantitative estimate of drug-likeness (QED) is 0.340. The van der Waals surface area contributed by atoms with E-state index in [4.69, 9.17) is 0 Å². The van der Waals surface area contributed by atoms with Gasteiger partial charge in [-0.25, -0.2) is 9.59 Å². The highest BCUT2D eigenvalue weighted by atomic mass is 16.4. The molecule has 4 aliphatic heterocycles. The molecule has 14 nitrogen and oxygen atoms in total. The van der Waals surface area contributed by atoms with Crippen molar-refractivity contribution >= 4 is 24.0 Å². The van der Waals surface area contributed by atoms with Crippen LogP contribution in [0, 0.1) is 0 Å². The number of hydrogen-bond donors (Lipinski definition) is 4. The Hall–Kier alpha value is -2.68. The summed E-state index contributed by atoms with van der Waals surface area (Å²) < 4.78 is 0. The third kappa shape index (κ3) is 2.42. The topological polar surface area (TPSA) is 177 Å². The van der Waals surface area contributed by atoms with E-state index in [-0.39, 0.29) is 36.5 Å². The lowest BCUT2D eigenvalue weighted by Crippen LogP contribution is -3.22. The molecule has 4 amide bonds. The Morgan fingerprint density at radius 2 is 1.11 bits per heavy atom. The number of rotatable bonds is 6. The van der Waals surface area contributed by atoms with E-state index >= 15 is 0 Å². The van der Waals surface area contributed by atoms with Crippen LogP contribution in [0.1, 0.15) is 0 Å². The van der Waals surface area contributed by atoms with Crippen molar-refractivity contribution < 1.29 is 49.4 Å². The highest BCUT2D eigenvalue weighted by Crippen LogP contribution is 2.35. The zero-order valence-corrected chi connectivity index (χ0v) is 14.7. The standard InChI is InChI=1S/C14H20N6O8/c21-1-7(11(23)24)15-3-17-9-10-19(13(17)27)5-16(8(2-22)12(25)26)6-20(10)14(28)18(9)4-15/h7-10,21-22H,1-6H2,(H,23,24)(H,25,26)/t7-,8-,9?,10?/m0/s1. The largest absolute Gasteiger partial charge is 0.544 e. The number of amides is 4.